The van der Waals surface area contributed by atoms with Crippen LogP contribution >= 0.6 is 15.9 Å². The van der Waals surface area contributed by atoms with Crippen molar-refractivity contribution in [3.05, 3.63) is 22.7 Å². The summed E-state index contributed by atoms with van der Waals surface area (Å²) in [6, 6.07) is 4.72. The van der Waals surface area contributed by atoms with E-state index in [0.29, 0.717) is 16.7 Å². The normalized spacial score (nSPS) is 22.6. The first kappa shape index (κ1) is 15.8. The van der Waals surface area contributed by atoms with Gasteiger partial charge in [0.25, 0.3) is 0 Å². The lowest BCUT2D eigenvalue weighted by Crippen LogP contribution is -2.41. The molecule has 2 rings (SSSR count). The number of hydrogen-bond donors (Lipinski definition) is 1. The number of nitrogens with two attached hydrogens (primary N) is 1. The van der Waals surface area contributed by atoms with Crippen molar-refractivity contribution in [2.45, 2.75) is 24.3 Å². The van der Waals surface area contributed by atoms with Gasteiger partial charge in [-0.1, -0.05) is 0 Å². The molecule has 0 amide bonds. The van der Waals surface area contributed by atoms with Gasteiger partial charge in [0.15, 0.2) is 0 Å². The third kappa shape index (κ3) is 3.16. The van der Waals surface area contributed by atoms with Gasteiger partial charge < -0.3 is 10.6 Å². The van der Waals surface area contributed by atoms with Crippen LogP contribution in [0.1, 0.15) is 13.3 Å². The molecule has 1 fully saturated rings. The predicted molar refractivity (Wildman–Crippen MR) is 84.0 cm³/mol. The van der Waals surface area contributed by atoms with Crippen molar-refractivity contribution in [1.29, 1.82) is 0 Å². The summed E-state index contributed by atoms with van der Waals surface area (Å²) >= 11 is 3.29. The maximum absolute atomic E-state index is 12.8. The molecule has 0 radical (unpaired) electrons. The largest absolute Gasteiger partial charge is 0.398 e. The summed E-state index contributed by atoms with van der Waals surface area (Å²) in [7, 11) is -1.46. The fourth-order valence-electron chi connectivity index (χ4n) is 2.51. The zero-order chi connectivity index (χ0) is 14.9. The van der Waals surface area contributed by atoms with Crippen LogP contribution in [0.5, 0.6) is 0 Å². The molecule has 2 N–H and O–H groups in total. The number of likely N-dealkylation sites (N-methyl/N-ethyl adjacent to an activating group) is 1. The standard InChI is InChI=1S/C13H20BrN3O2S/c1-10-9-16(2)6-3-7-17(10)20(18,19)11-4-5-13(15)12(14)8-11/h4-5,8,10H,3,6-7,9,15H2,1-2H3. The van der Waals surface area contributed by atoms with Crippen molar-refractivity contribution < 1.29 is 8.42 Å². The smallest absolute Gasteiger partial charge is 0.243 e. The van der Waals surface area contributed by atoms with Gasteiger partial charge in [-0.25, -0.2) is 8.42 Å². The predicted octanol–water partition coefficient (Wildman–Crippen LogP) is 1.75. The lowest BCUT2D eigenvalue weighted by atomic mass is 10.3. The maximum atomic E-state index is 12.8. The van der Waals surface area contributed by atoms with Gasteiger partial charge in [0, 0.05) is 29.3 Å². The summed E-state index contributed by atoms with van der Waals surface area (Å²) in [5, 5.41) is 0. The van der Waals surface area contributed by atoms with E-state index >= 15 is 0 Å². The lowest BCUT2D eigenvalue weighted by Gasteiger charge is -2.27. The maximum Gasteiger partial charge on any atom is 0.243 e. The zero-order valence-corrected chi connectivity index (χ0v) is 14.1. The lowest BCUT2D eigenvalue weighted by molar-refractivity contribution is 0.290. The highest BCUT2D eigenvalue weighted by Gasteiger charge is 2.31. The molecule has 7 heteroatoms. The Bertz CT molecular complexity index is 591. The first-order valence-corrected chi connectivity index (χ1v) is 8.81. The fraction of sp³-hybridized carbons (Fsp3) is 0.538. The third-order valence-corrected chi connectivity index (χ3v) is 6.26. The molecular weight excluding hydrogens is 342 g/mol. The van der Waals surface area contributed by atoms with Crippen LogP contribution in [-0.4, -0.2) is 50.3 Å². The molecule has 1 aliphatic rings. The molecule has 0 aromatic heterocycles. The highest BCUT2D eigenvalue weighted by Crippen LogP contribution is 2.27. The summed E-state index contributed by atoms with van der Waals surface area (Å²) in [6.07, 6.45) is 0.843. The van der Waals surface area contributed by atoms with Crippen molar-refractivity contribution in [1.82, 2.24) is 9.21 Å². The van der Waals surface area contributed by atoms with Gasteiger partial charge in [-0.05, 0) is 61.1 Å². The zero-order valence-electron chi connectivity index (χ0n) is 11.7. The number of nitrogens with zero attached hydrogens (tertiary/aromatic N) is 2. The number of benzene rings is 1. The van der Waals surface area contributed by atoms with Crippen molar-refractivity contribution in [3.63, 3.8) is 0 Å². The highest BCUT2D eigenvalue weighted by atomic mass is 79.9. The van der Waals surface area contributed by atoms with E-state index in [2.05, 4.69) is 20.8 Å². The van der Waals surface area contributed by atoms with Crippen LogP contribution in [0.3, 0.4) is 0 Å². The van der Waals surface area contributed by atoms with Gasteiger partial charge in [-0.3, -0.25) is 0 Å². The van der Waals surface area contributed by atoms with Gasteiger partial charge in [0.2, 0.25) is 10.0 Å². The van der Waals surface area contributed by atoms with Crippen LogP contribution < -0.4 is 5.73 Å². The monoisotopic (exact) mass is 361 g/mol. The Hall–Kier alpha value is -0.630. The van der Waals surface area contributed by atoms with Crippen LogP contribution in [0.4, 0.5) is 5.69 Å². The SMILES string of the molecule is CC1CN(C)CCCN1S(=O)(=O)c1ccc(N)c(Br)c1. The molecule has 1 aromatic rings. The van der Waals surface area contributed by atoms with Gasteiger partial charge in [0.1, 0.15) is 0 Å². The van der Waals surface area contributed by atoms with E-state index in [4.69, 9.17) is 5.73 Å². The van der Waals surface area contributed by atoms with E-state index < -0.39 is 10.0 Å². The van der Waals surface area contributed by atoms with Gasteiger partial charge in [-0.2, -0.15) is 4.31 Å². The van der Waals surface area contributed by atoms with Crippen molar-refractivity contribution in [2.75, 3.05) is 32.4 Å². The molecule has 1 aliphatic heterocycles. The van der Waals surface area contributed by atoms with E-state index in [1.54, 1.807) is 22.5 Å². The molecule has 0 saturated carbocycles. The fourth-order valence-corrected chi connectivity index (χ4v) is 4.73. The average molecular weight is 362 g/mol. The van der Waals surface area contributed by atoms with Crippen molar-refractivity contribution in [2.24, 2.45) is 0 Å². The molecule has 1 saturated heterocycles. The number of halogens is 1. The first-order valence-electron chi connectivity index (χ1n) is 6.58. The molecular formula is C13H20BrN3O2S. The second kappa shape index (κ2) is 6.01. The minimum Gasteiger partial charge on any atom is -0.398 e. The Labute approximate surface area is 128 Å². The molecule has 20 heavy (non-hydrogen) atoms. The Morgan fingerprint density at radius 2 is 2.05 bits per heavy atom. The molecule has 1 aromatic carbocycles. The summed E-state index contributed by atoms with van der Waals surface area (Å²) in [4.78, 5) is 2.45. The molecule has 0 bridgehead atoms. The molecule has 1 unspecified atom stereocenters. The van der Waals surface area contributed by atoms with Gasteiger partial charge in [0.05, 0.1) is 4.90 Å². The Kier molecular flexibility index (Phi) is 4.73. The van der Waals surface area contributed by atoms with Crippen LogP contribution in [0, 0.1) is 0 Å². The minimum absolute atomic E-state index is 0.0381. The van der Waals surface area contributed by atoms with E-state index in [-0.39, 0.29) is 10.9 Å². The van der Waals surface area contributed by atoms with E-state index in [1.807, 2.05) is 14.0 Å². The van der Waals surface area contributed by atoms with Gasteiger partial charge >= 0.3 is 0 Å². The first-order chi connectivity index (χ1) is 9.32. The quantitative estimate of drug-likeness (QED) is 0.814. The Morgan fingerprint density at radius 1 is 1.35 bits per heavy atom. The molecule has 0 aliphatic carbocycles. The van der Waals surface area contributed by atoms with Crippen molar-refractivity contribution in [3.8, 4) is 0 Å². The van der Waals surface area contributed by atoms with E-state index in [9.17, 15) is 8.42 Å². The molecule has 5 nitrogen and oxygen atoms in total. The average Bonchev–Trinajstić information content (AvgIpc) is 2.53. The van der Waals surface area contributed by atoms with Crippen LogP contribution in [0.25, 0.3) is 0 Å². The molecule has 1 heterocycles. The van der Waals surface area contributed by atoms with Crippen LogP contribution in [-0.2, 0) is 10.0 Å². The summed E-state index contributed by atoms with van der Waals surface area (Å²) in [6.45, 7) is 4.17. The summed E-state index contributed by atoms with van der Waals surface area (Å²) in [5.41, 5.74) is 6.25. The summed E-state index contributed by atoms with van der Waals surface area (Å²) < 4.78 is 27.7. The molecule has 0 spiro atoms. The van der Waals surface area contributed by atoms with Crippen LogP contribution in [0.2, 0.25) is 0 Å². The van der Waals surface area contributed by atoms with E-state index in [1.165, 1.54) is 0 Å². The Morgan fingerprint density at radius 3 is 2.70 bits per heavy atom. The topological polar surface area (TPSA) is 66.6 Å². The van der Waals surface area contributed by atoms with Crippen molar-refractivity contribution >= 4 is 31.6 Å². The van der Waals surface area contributed by atoms with E-state index in [0.717, 1.165) is 19.5 Å². The number of anilines is 1. The highest BCUT2D eigenvalue weighted by molar-refractivity contribution is 9.10. The van der Waals surface area contributed by atoms with Crippen LogP contribution in [0.15, 0.2) is 27.6 Å². The minimum atomic E-state index is -3.48. The molecule has 1 atom stereocenters. The third-order valence-electron chi connectivity index (χ3n) is 3.56. The number of sulfonamides is 1. The second-order valence-corrected chi connectivity index (χ2v) is 8.01. The second-order valence-electron chi connectivity index (χ2n) is 5.26. The number of nitrogen functional groups attached to an aromatic ring is 1. The summed E-state index contributed by atoms with van der Waals surface area (Å²) in [5.74, 6) is 0. The number of hydrogen-bond acceptors (Lipinski definition) is 4. The molecule has 112 valence electrons. The van der Waals surface area contributed by atoms with Gasteiger partial charge in [-0.15, -0.1) is 0 Å². The number of rotatable bonds is 2. The Balaban J connectivity index is 2.35.